The molecule has 8 rings (SSSR count). The number of aromatic nitrogens is 2. The highest BCUT2D eigenvalue weighted by Gasteiger charge is 2.50. The van der Waals surface area contributed by atoms with Gasteiger partial charge in [0.15, 0.2) is 5.82 Å². The largest absolute Gasteiger partial charge is 0.461 e. The average molecular weight is 629 g/mol. The van der Waals surface area contributed by atoms with E-state index in [0.29, 0.717) is 66.4 Å². The second-order valence-electron chi connectivity index (χ2n) is 13.5. The fraction of sp³-hybridized carbons (Fsp3) is 0.486. The molecule has 1 saturated carbocycles. The second kappa shape index (κ2) is 11.0. The molecule has 3 saturated heterocycles. The summed E-state index contributed by atoms with van der Waals surface area (Å²) in [5, 5.41) is 10.00. The van der Waals surface area contributed by atoms with Crippen molar-refractivity contribution in [2.24, 2.45) is 5.92 Å². The molecule has 1 amide bonds. The molecular formula is C35H35F3N6O2. The minimum Gasteiger partial charge on any atom is -0.461 e. The predicted molar refractivity (Wildman–Crippen MR) is 166 cm³/mol. The maximum absolute atomic E-state index is 16.8. The van der Waals surface area contributed by atoms with Crippen molar-refractivity contribution < 1.29 is 22.7 Å². The number of anilines is 1. The van der Waals surface area contributed by atoms with E-state index in [1.165, 1.54) is 12.1 Å². The third-order valence-corrected chi connectivity index (χ3v) is 10.9. The first-order valence-corrected chi connectivity index (χ1v) is 16.2. The minimum absolute atomic E-state index is 0.00547. The number of carbonyl (C=O) groups is 1. The number of piperazine rings is 1. The van der Waals surface area contributed by atoms with Crippen LogP contribution in [0.3, 0.4) is 0 Å². The van der Waals surface area contributed by atoms with E-state index in [1.807, 2.05) is 4.90 Å². The highest BCUT2D eigenvalue weighted by Crippen LogP contribution is 2.58. The number of nitrogens with zero attached hydrogens (tertiary/aromatic N) is 6. The van der Waals surface area contributed by atoms with Gasteiger partial charge in [0, 0.05) is 43.5 Å². The molecule has 46 heavy (non-hydrogen) atoms. The lowest BCUT2D eigenvalue weighted by molar-refractivity contribution is -0.128. The molecule has 2 aromatic carbocycles. The number of alkyl halides is 1. The summed E-state index contributed by atoms with van der Waals surface area (Å²) in [6.45, 7) is 6.01. The van der Waals surface area contributed by atoms with Crippen molar-refractivity contribution in [3.05, 3.63) is 59.7 Å². The number of ether oxygens (including phenoxy) is 1. The zero-order valence-electron chi connectivity index (χ0n) is 25.5. The Bertz CT molecular complexity index is 1810. The van der Waals surface area contributed by atoms with Crippen LogP contribution in [0.2, 0.25) is 0 Å². The van der Waals surface area contributed by atoms with E-state index in [9.17, 15) is 18.8 Å². The fourth-order valence-corrected chi connectivity index (χ4v) is 8.62. The standard InChI is InChI=1S/C35H35F3N6O2/c1-2-29(45)44-13-12-42(18-22(44)8-10-39)33-25-5-4-24(23-6-7-28(37)30-26-14-20(26)15-27(23)30)31(38)32(25)40-34(41-33)46-19-35-9-3-11-43(35)17-21(36)16-35/h2,4-7,20-22,26H,1,3,8-9,11-19H2/t20-,21-,22+,26-,35+/m1/s1. The number of halogens is 3. The summed E-state index contributed by atoms with van der Waals surface area (Å²) in [6.07, 6.45) is 4.28. The SMILES string of the molecule is C=CC(=O)N1CCN(c2nc(OC[C@@]34CCCN3C[C@H](F)C4)nc3c(F)c(-c4ccc(F)c5c4C[C@H]4C[C@@H]54)ccc23)C[C@@H]1CC#N. The van der Waals surface area contributed by atoms with Crippen LogP contribution in [-0.2, 0) is 11.2 Å². The van der Waals surface area contributed by atoms with E-state index in [-0.39, 0.29) is 42.2 Å². The Morgan fingerprint density at radius 2 is 2.00 bits per heavy atom. The van der Waals surface area contributed by atoms with Gasteiger partial charge >= 0.3 is 6.01 Å². The average Bonchev–Trinajstić information content (AvgIpc) is 3.36. The van der Waals surface area contributed by atoms with E-state index in [1.54, 1.807) is 23.1 Å². The third kappa shape index (κ3) is 4.63. The van der Waals surface area contributed by atoms with Crippen LogP contribution in [0.25, 0.3) is 22.0 Å². The number of hydrogen-bond acceptors (Lipinski definition) is 7. The Morgan fingerprint density at radius 3 is 2.83 bits per heavy atom. The van der Waals surface area contributed by atoms with Crippen molar-refractivity contribution in [2.45, 2.75) is 62.2 Å². The van der Waals surface area contributed by atoms with Gasteiger partial charge in [-0.3, -0.25) is 9.69 Å². The quantitative estimate of drug-likeness (QED) is 0.328. The maximum Gasteiger partial charge on any atom is 0.319 e. The molecule has 1 aromatic heterocycles. The first-order valence-electron chi connectivity index (χ1n) is 16.2. The highest BCUT2D eigenvalue weighted by atomic mass is 19.1. The molecule has 0 bridgehead atoms. The summed E-state index contributed by atoms with van der Waals surface area (Å²) in [5.41, 5.74) is 2.25. The number of rotatable bonds is 7. The molecule has 5 aliphatic rings. The smallest absolute Gasteiger partial charge is 0.319 e. The first kappa shape index (κ1) is 29.2. The maximum atomic E-state index is 16.8. The number of carbonyl (C=O) groups excluding carboxylic acids is 1. The Hall–Kier alpha value is -4.17. The molecule has 0 radical (unpaired) electrons. The van der Waals surface area contributed by atoms with Crippen LogP contribution in [0.5, 0.6) is 6.01 Å². The van der Waals surface area contributed by atoms with E-state index < -0.39 is 23.6 Å². The van der Waals surface area contributed by atoms with Crippen LogP contribution in [-0.4, -0.2) is 82.8 Å². The summed E-state index contributed by atoms with van der Waals surface area (Å²) < 4.78 is 52.3. The van der Waals surface area contributed by atoms with Crippen LogP contribution < -0.4 is 9.64 Å². The summed E-state index contributed by atoms with van der Waals surface area (Å²) in [5.74, 6) is 0.0632. The summed E-state index contributed by atoms with van der Waals surface area (Å²) in [7, 11) is 0. The van der Waals surface area contributed by atoms with E-state index in [4.69, 9.17) is 9.72 Å². The lowest BCUT2D eigenvalue weighted by Crippen LogP contribution is -2.55. The minimum atomic E-state index is -0.924. The van der Waals surface area contributed by atoms with Gasteiger partial charge in [0.1, 0.15) is 29.9 Å². The van der Waals surface area contributed by atoms with Gasteiger partial charge in [-0.25, -0.2) is 13.2 Å². The summed E-state index contributed by atoms with van der Waals surface area (Å²) in [6, 6.07) is 8.35. The normalized spacial score (nSPS) is 28.1. The highest BCUT2D eigenvalue weighted by molar-refractivity contribution is 5.94. The topological polar surface area (TPSA) is 85.6 Å². The van der Waals surface area contributed by atoms with E-state index in [0.717, 1.165) is 37.8 Å². The lowest BCUT2D eigenvalue weighted by Gasteiger charge is -2.41. The van der Waals surface area contributed by atoms with Crippen molar-refractivity contribution in [2.75, 3.05) is 44.2 Å². The monoisotopic (exact) mass is 628 g/mol. The van der Waals surface area contributed by atoms with Crippen molar-refractivity contribution in [1.82, 2.24) is 19.8 Å². The molecular weight excluding hydrogens is 593 g/mol. The molecule has 8 nitrogen and oxygen atoms in total. The number of hydrogen-bond donors (Lipinski definition) is 0. The van der Waals surface area contributed by atoms with Gasteiger partial charge in [0.05, 0.1) is 24.1 Å². The molecule has 238 valence electrons. The summed E-state index contributed by atoms with van der Waals surface area (Å²) >= 11 is 0. The van der Waals surface area contributed by atoms with Gasteiger partial charge in [-0.05, 0) is 79.0 Å². The molecule has 5 atom stereocenters. The molecule has 0 unspecified atom stereocenters. The molecule has 2 aliphatic carbocycles. The molecule has 4 heterocycles. The Kier molecular flexibility index (Phi) is 6.98. The van der Waals surface area contributed by atoms with Crippen LogP contribution in [0.4, 0.5) is 19.0 Å². The summed E-state index contributed by atoms with van der Waals surface area (Å²) in [4.78, 5) is 27.7. The van der Waals surface area contributed by atoms with Gasteiger partial charge in [-0.2, -0.15) is 15.2 Å². The lowest BCUT2D eigenvalue weighted by atomic mass is 9.93. The van der Waals surface area contributed by atoms with Crippen molar-refractivity contribution in [1.29, 1.82) is 5.26 Å². The van der Waals surface area contributed by atoms with Gasteiger partial charge in [-0.1, -0.05) is 18.7 Å². The Balaban J connectivity index is 1.21. The fourth-order valence-electron chi connectivity index (χ4n) is 8.62. The molecule has 0 spiro atoms. The third-order valence-electron chi connectivity index (χ3n) is 10.9. The predicted octanol–water partition coefficient (Wildman–Crippen LogP) is 5.31. The Labute approximate surface area is 265 Å². The van der Waals surface area contributed by atoms with Gasteiger partial charge in [0.25, 0.3) is 0 Å². The number of nitriles is 1. The molecule has 4 fully saturated rings. The van der Waals surface area contributed by atoms with E-state index >= 15 is 4.39 Å². The van der Waals surface area contributed by atoms with Crippen LogP contribution >= 0.6 is 0 Å². The number of fused-ring (bicyclic) bond motifs is 5. The molecule has 3 aromatic rings. The number of amides is 1. The van der Waals surface area contributed by atoms with Crippen LogP contribution in [0.15, 0.2) is 36.9 Å². The number of benzene rings is 2. The van der Waals surface area contributed by atoms with Gasteiger partial charge in [-0.15, -0.1) is 0 Å². The van der Waals surface area contributed by atoms with Crippen molar-refractivity contribution >= 4 is 22.6 Å². The van der Waals surface area contributed by atoms with Crippen molar-refractivity contribution in [3.8, 4) is 23.2 Å². The van der Waals surface area contributed by atoms with Crippen molar-refractivity contribution in [3.63, 3.8) is 0 Å². The first-order chi connectivity index (χ1) is 22.3. The van der Waals surface area contributed by atoms with Crippen LogP contribution in [0.1, 0.15) is 49.1 Å². The van der Waals surface area contributed by atoms with Crippen LogP contribution in [0, 0.1) is 28.9 Å². The van der Waals surface area contributed by atoms with Gasteiger partial charge in [0.2, 0.25) is 5.91 Å². The Morgan fingerprint density at radius 1 is 1.15 bits per heavy atom. The zero-order valence-corrected chi connectivity index (χ0v) is 25.5. The molecule has 0 N–H and O–H groups in total. The molecule has 3 aliphatic heterocycles. The zero-order chi connectivity index (χ0) is 31.7. The molecule has 11 heteroatoms. The second-order valence-corrected chi connectivity index (χ2v) is 13.5. The van der Waals surface area contributed by atoms with E-state index in [2.05, 4.69) is 22.5 Å². The van der Waals surface area contributed by atoms with Gasteiger partial charge < -0.3 is 14.5 Å².